The average molecular weight is 376 g/mol. The first kappa shape index (κ1) is 19.4. The molecule has 0 unspecified atom stereocenters. The number of likely N-dealkylation sites (N-methyl/N-ethyl adjacent to an activating group) is 1. The molecule has 0 bridgehead atoms. The number of benzene rings is 2. The van der Waals surface area contributed by atoms with Crippen molar-refractivity contribution < 1.29 is 9.53 Å². The molecular formula is C22H24N4O2. The van der Waals surface area contributed by atoms with Gasteiger partial charge in [0.25, 0.3) is 5.91 Å². The maximum atomic E-state index is 12.2. The average Bonchev–Trinajstić information content (AvgIpc) is 2.70. The summed E-state index contributed by atoms with van der Waals surface area (Å²) in [7, 11) is 3.94. The van der Waals surface area contributed by atoms with Crippen LogP contribution in [0, 0.1) is 0 Å². The SMILES string of the molecule is CN(C)CCNC(=O)c1ccnc(Nc2ccc(Oc3ccccc3)cc2)c1. The van der Waals surface area contributed by atoms with Gasteiger partial charge in [-0.3, -0.25) is 4.79 Å². The topological polar surface area (TPSA) is 66.5 Å². The summed E-state index contributed by atoms with van der Waals surface area (Å²) in [6, 6.07) is 20.6. The zero-order valence-corrected chi connectivity index (χ0v) is 16.1. The molecule has 6 nitrogen and oxygen atoms in total. The number of aromatic nitrogens is 1. The van der Waals surface area contributed by atoms with Crippen molar-refractivity contribution in [2.24, 2.45) is 0 Å². The van der Waals surface area contributed by atoms with E-state index in [9.17, 15) is 4.79 Å². The normalized spacial score (nSPS) is 10.5. The minimum absolute atomic E-state index is 0.112. The van der Waals surface area contributed by atoms with Crippen LogP contribution in [0.4, 0.5) is 11.5 Å². The van der Waals surface area contributed by atoms with E-state index in [1.807, 2.05) is 73.6 Å². The number of carbonyl (C=O) groups excluding carboxylic acids is 1. The molecule has 0 saturated carbocycles. The van der Waals surface area contributed by atoms with E-state index in [4.69, 9.17) is 4.74 Å². The van der Waals surface area contributed by atoms with Crippen molar-refractivity contribution in [1.82, 2.24) is 15.2 Å². The van der Waals surface area contributed by atoms with Gasteiger partial charge in [-0.25, -0.2) is 4.98 Å². The Morgan fingerprint density at radius 1 is 1.00 bits per heavy atom. The molecule has 3 aromatic rings. The van der Waals surface area contributed by atoms with Gasteiger partial charge in [0.1, 0.15) is 17.3 Å². The van der Waals surface area contributed by atoms with Gasteiger partial charge in [0, 0.05) is 30.5 Å². The third kappa shape index (κ3) is 5.82. The highest BCUT2D eigenvalue weighted by Crippen LogP contribution is 2.24. The Hall–Kier alpha value is -3.38. The molecular weight excluding hydrogens is 352 g/mol. The van der Waals surface area contributed by atoms with Crippen molar-refractivity contribution in [2.45, 2.75) is 0 Å². The smallest absolute Gasteiger partial charge is 0.251 e. The first-order valence-corrected chi connectivity index (χ1v) is 9.09. The zero-order valence-electron chi connectivity index (χ0n) is 16.1. The predicted molar refractivity (Wildman–Crippen MR) is 111 cm³/mol. The van der Waals surface area contributed by atoms with Crippen LogP contribution in [0.2, 0.25) is 0 Å². The molecule has 0 fully saturated rings. The van der Waals surface area contributed by atoms with E-state index in [1.54, 1.807) is 18.3 Å². The molecule has 1 heterocycles. The number of nitrogens with zero attached hydrogens (tertiary/aromatic N) is 2. The van der Waals surface area contributed by atoms with E-state index >= 15 is 0 Å². The number of anilines is 2. The lowest BCUT2D eigenvalue weighted by Crippen LogP contribution is -2.31. The van der Waals surface area contributed by atoms with Crippen LogP contribution in [0.1, 0.15) is 10.4 Å². The van der Waals surface area contributed by atoms with Crippen LogP contribution in [0.5, 0.6) is 11.5 Å². The molecule has 0 spiro atoms. The summed E-state index contributed by atoms with van der Waals surface area (Å²) in [5.74, 6) is 2.03. The second-order valence-electron chi connectivity index (χ2n) is 6.55. The highest BCUT2D eigenvalue weighted by molar-refractivity contribution is 5.94. The molecule has 2 N–H and O–H groups in total. The van der Waals surface area contributed by atoms with Gasteiger partial charge in [0.15, 0.2) is 0 Å². The lowest BCUT2D eigenvalue weighted by molar-refractivity contribution is 0.0951. The van der Waals surface area contributed by atoms with Gasteiger partial charge in [0.2, 0.25) is 0 Å². The second-order valence-corrected chi connectivity index (χ2v) is 6.55. The number of rotatable bonds is 8. The van der Waals surface area contributed by atoms with Crippen LogP contribution in [0.3, 0.4) is 0 Å². The molecule has 0 aliphatic rings. The summed E-state index contributed by atoms with van der Waals surface area (Å²) in [5.41, 5.74) is 1.43. The Kier molecular flexibility index (Phi) is 6.59. The Morgan fingerprint density at radius 3 is 2.43 bits per heavy atom. The lowest BCUT2D eigenvalue weighted by Gasteiger charge is -2.11. The fraction of sp³-hybridized carbons (Fsp3) is 0.182. The van der Waals surface area contributed by atoms with Crippen LogP contribution in [-0.2, 0) is 0 Å². The second kappa shape index (κ2) is 9.53. The third-order valence-corrected chi connectivity index (χ3v) is 3.97. The lowest BCUT2D eigenvalue weighted by atomic mass is 10.2. The van der Waals surface area contributed by atoms with Crippen molar-refractivity contribution in [3.63, 3.8) is 0 Å². The largest absolute Gasteiger partial charge is 0.457 e. The van der Waals surface area contributed by atoms with Crippen LogP contribution in [0.15, 0.2) is 72.9 Å². The van der Waals surface area contributed by atoms with Gasteiger partial charge in [-0.1, -0.05) is 18.2 Å². The Balaban J connectivity index is 1.60. The van der Waals surface area contributed by atoms with E-state index in [2.05, 4.69) is 15.6 Å². The number of ether oxygens (including phenoxy) is 1. The third-order valence-electron chi connectivity index (χ3n) is 3.97. The molecule has 0 radical (unpaired) electrons. The van der Waals surface area contributed by atoms with Crippen LogP contribution >= 0.6 is 0 Å². The highest BCUT2D eigenvalue weighted by atomic mass is 16.5. The first-order chi connectivity index (χ1) is 13.6. The molecule has 144 valence electrons. The van der Waals surface area contributed by atoms with Crippen molar-refractivity contribution in [1.29, 1.82) is 0 Å². The first-order valence-electron chi connectivity index (χ1n) is 9.09. The molecule has 0 saturated heterocycles. The molecule has 0 aliphatic carbocycles. The number of hydrogen-bond acceptors (Lipinski definition) is 5. The maximum Gasteiger partial charge on any atom is 0.251 e. The van der Waals surface area contributed by atoms with Gasteiger partial charge >= 0.3 is 0 Å². The molecule has 1 aromatic heterocycles. The molecule has 2 aromatic carbocycles. The summed E-state index contributed by atoms with van der Waals surface area (Å²) in [6.45, 7) is 1.39. The predicted octanol–water partition coefficient (Wildman–Crippen LogP) is 3.91. The Morgan fingerprint density at radius 2 is 1.71 bits per heavy atom. The van der Waals surface area contributed by atoms with Crippen molar-refractivity contribution in [3.05, 3.63) is 78.5 Å². The number of hydrogen-bond donors (Lipinski definition) is 2. The minimum atomic E-state index is -0.112. The Bertz CT molecular complexity index is 896. The van der Waals surface area contributed by atoms with Crippen molar-refractivity contribution in [2.75, 3.05) is 32.5 Å². The van der Waals surface area contributed by atoms with E-state index in [0.29, 0.717) is 17.9 Å². The van der Waals surface area contributed by atoms with E-state index in [0.717, 1.165) is 23.7 Å². The van der Waals surface area contributed by atoms with E-state index in [-0.39, 0.29) is 5.91 Å². The van der Waals surface area contributed by atoms with Crippen LogP contribution in [0.25, 0.3) is 0 Å². The zero-order chi connectivity index (χ0) is 19.8. The molecule has 3 rings (SSSR count). The summed E-state index contributed by atoms with van der Waals surface area (Å²) in [5, 5.41) is 6.11. The molecule has 0 atom stereocenters. The standard InChI is InChI=1S/C22H24N4O2/c1-26(2)15-14-24-22(27)17-12-13-23-21(16-17)25-18-8-10-20(11-9-18)28-19-6-4-3-5-7-19/h3-13,16H,14-15H2,1-2H3,(H,23,25)(H,24,27). The maximum absolute atomic E-state index is 12.2. The fourth-order valence-electron chi connectivity index (χ4n) is 2.51. The summed E-state index contributed by atoms with van der Waals surface area (Å²) in [4.78, 5) is 18.6. The summed E-state index contributed by atoms with van der Waals surface area (Å²) in [6.07, 6.45) is 1.62. The van der Waals surface area contributed by atoms with Crippen molar-refractivity contribution >= 4 is 17.4 Å². The monoisotopic (exact) mass is 376 g/mol. The number of amides is 1. The summed E-state index contributed by atoms with van der Waals surface area (Å²) >= 11 is 0. The van der Waals surface area contributed by atoms with Gasteiger partial charge < -0.3 is 20.3 Å². The number of carbonyl (C=O) groups is 1. The minimum Gasteiger partial charge on any atom is -0.457 e. The molecule has 28 heavy (non-hydrogen) atoms. The Labute approximate surface area is 165 Å². The molecule has 1 amide bonds. The van der Waals surface area contributed by atoms with Crippen LogP contribution < -0.4 is 15.4 Å². The number of nitrogens with one attached hydrogen (secondary N) is 2. The van der Waals surface area contributed by atoms with Gasteiger partial charge in [-0.15, -0.1) is 0 Å². The van der Waals surface area contributed by atoms with E-state index < -0.39 is 0 Å². The molecule has 6 heteroatoms. The molecule has 0 aliphatic heterocycles. The van der Waals surface area contributed by atoms with Gasteiger partial charge in [-0.05, 0) is 62.6 Å². The van der Waals surface area contributed by atoms with Crippen LogP contribution in [-0.4, -0.2) is 43.0 Å². The van der Waals surface area contributed by atoms with Crippen molar-refractivity contribution in [3.8, 4) is 11.5 Å². The number of para-hydroxylation sites is 1. The quantitative estimate of drug-likeness (QED) is 0.624. The van der Waals surface area contributed by atoms with E-state index in [1.165, 1.54) is 0 Å². The fourth-order valence-corrected chi connectivity index (χ4v) is 2.51. The highest BCUT2D eigenvalue weighted by Gasteiger charge is 2.07. The summed E-state index contributed by atoms with van der Waals surface area (Å²) < 4.78 is 5.79. The van der Waals surface area contributed by atoms with Gasteiger partial charge in [0.05, 0.1) is 0 Å². The van der Waals surface area contributed by atoms with Gasteiger partial charge in [-0.2, -0.15) is 0 Å². The number of pyridine rings is 1.